The molecule has 1 heterocycles. The first kappa shape index (κ1) is 14.9. The van der Waals surface area contributed by atoms with Crippen molar-refractivity contribution in [2.24, 2.45) is 0 Å². The molecule has 0 bridgehead atoms. The molecule has 0 aromatic carbocycles. The number of aryl methyl sites for hydroxylation is 2. The Hall–Kier alpha value is -1.12. The zero-order chi connectivity index (χ0) is 13.4. The zero-order valence-electron chi connectivity index (χ0n) is 12.3. The first-order valence-electron chi connectivity index (χ1n) is 7.30. The van der Waals surface area contributed by atoms with E-state index in [-0.39, 0.29) is 0 Å². The van der Waals surface area contributed by atoms with Crippen LogP contribution in [0, 0.1) is 6.92 Å². The van der Waals surface area contributed by atoms with Crippen molar-refractivity contribution >= 4 is 5.82 Å². The van der Waals surface area contributed by atoms with Crippen molar-refractivity contribution in [3.63, 3.8) is 0 Å². The van der Waals surface area contributed by atoms with Gasteiger partial charge in [0.1, 0.15) is 11.6 Å². The molecule has 1 N–H and O–H groups in total. The Labute approximate surface area is 111 Å². The molecule has 3 nitrogen and oxygen atoms in total. The fraction of sp³-hybridized carbons (Fsp3) is 0.733. The maximum atomic E-state index is 4.49. The number of nitrogens with zero attached hydrogens (tertiary/aromatic N) is 2. The standard InChI is InChI=1S/C15H27N3/c1-5-8-10-14(9-6-2)18-15-11-13(7-3)16-12(4)17-15/h11,14H,5-10H2,1-4H3,(H,16,17,18). The van der Waals surface area contributed by atoms with E-state index < -0.39 is 0 Å². The van der Waals surface area contributed by atoms with Gasteiger partial charge >= 0.3 is 0 Å². The Morgan fingerprint density at radius 3 is 2.50 bits per heavy atom. The molecule has 0 amide bonds. The van der Waals surface area contributed by atoms with Gasteiger partial charge in [0.25, 0.3) is 0 Å². The van der Waals surface area contributed by atoms with E-state index in [4.69, 9.17) is 0 Å². The van der Waals surface area contributed by atoms with Gasteiger partial charge < -0.3 is 5.32 Å². The lowest BCUT2D eigenvalue weighted by Crippen LogP contribution is -2.20. The maximum absolute atomic E-state index is 4.49. The quantitative estimate of drug-likeness (QED) is 0.753. The third-order valence-corrected chi connectivity index (χ3v) is 3.15. The molecule has 0 spiro atoms. The van der Waals surface area contributed by atoms with Crippen molar-refractivity contribution in [1.29, 1.82) is 0 Å². The fourth-order valence-corrected chi connectivity index (χ4v) is 2.18. The van der Waals surface area contributed by atoms with Crippen LogP contribution in [-0.2, 0) is 6.42 Å². The summed E-state index contributed by atoms with van der Waals surface area (Å²) >= 11 is 0. The Bertz CT molecular complexity index is 350. The van der Waals surface area contributed by atoms with Gasteiger partial charge in [-0.2, -0.15) is 0 Å². The second-order valence-electron chi connectivity index (χ2n) is 4.92. The van der Waals surface area contributed by atoms with Gasteiger partial charge in [-0.25, -0.2) is 9.97 Å². The van der Waals surface area contributed by atoms with Crippen LogP contribution >= 0.6 is 0 Å². The van der Waals surface area contributed by atoms with Crippen molar-refractivity contribution in [1.82, 2.24) is 9.97 Å². The summed E-state index contributed by atoms with van der Waals surface area (Å²) in [6, 6.07) is 2.63. The molecule has 0 saturated heterocycles. The van der Waals surface area contributed by atoms with E-state index >= 15 is 0 Å². The molecule has 0 aliphatic rings. The molecule has 0 aliphatic carbocycles. The van der Waals surface area contributed by atoms with Crippen molar-refractivity contribution in [2.75, 3.05) is 5.32 Å². The van der Waals surface area contributed by atoms with Crippen molar-refractivity contribution in [2.45, 2.75) is 72.3 Å². The van der Waals surface area contributed by atoms with Crippen LogP contribution in [0.3, 0.4) is 0 Å². The molecule has 1 unspecified atom stereocenters. The van der Waals surface area contributed by atoms with Crippen molar-refractivity contribution in [3.05, 3.63) is 17.6 Å². The second-order valence-corrected chi connectivity index (χ2v) is 4.92. The van der Waals surface area contributed by atoms with Gasteiger partial charge in [-0.05, 0) is 26.2 Å². The summed E-state index contributed by atoms with van der Waals surface area (Å²) in [6.07, 6.45) is 7.16. The lowest BCUT2D eigenvalue weighted by molar-refractivity contribution is 0.562. The summed E-state index contributed by atoms with van der Waals surface area (Å²) in [5.74, 6) is 1.86. The molecule has 0 saturated carbocycles. The topological polar surface area (TPSA) is 37.8 Å². The SMILES string of the molecule is CCCCC(CCC)Nc1cc(CC)nc(C)n1. The number of hydrogen-bond donors (Lipinski definition) is 1. The number of aromatic nitrogens is 2. The molecule has 0 radical (unpaired) electrons. The molecule has 3 heteroatoms. The molecular weight excluding hydrogens is 222 g/mol. The third-order valence-electron chi connectivity index (χ3n) is 3.15. The molecule has 1 aromatic rings. The number of unbranched alkanes of at least 4 members (excludes halogenated alkanes) is 1. The van der Waals surface area contributed by atoms with Gasteiger partial charge in [0.05, 0.1) is 0 Å². The normalized spacial score (nSPS) is 12.4. The van der Waals surface area contributed by atoms with E-state index in [0.717, 1.165) is 23.8 Å². The maximum Gasteiger partial charge on any atom is 0.130 e. The van der Waals surface area contributed by atoms with Gasteiger partial charge in [-0.3, -0.25) is 0 Å². The summed E-state index contributed by atoms with van der Waals surface area (Å²) in [5.41, 5.74) is 1.12. The Kier molecular flexibility index (Phi) is 6.69. The Balaban J connectivity index is 2.69. The Morgan fingerprint density at radius 1 is 1.11 bits per heavy atom. The number of hydrogen-bond acceptors (Lipinski definition) is 3. The van der Waals surface area contributed by atoms with Crippen molar-refractivity contribution < 1.29 is 0 Å². The van der Waals surface area contributed by atoms with Crippen LogP contribution in [0.25, 0.3) is 0 Å². The molecule has 0 fully saturated rings. The first-order chi connectivity index (χ1) is 8.69. The van der Waals surface area contributed by atoms with Gasteiger partial charge in [0.15, 0.2) is 0 Å². The molecule has 1 atom stereocenters. The number of anilines is 1. The first-order valence-corrected chi connectivity index (χ1v) is 7.30. The van der Waals surface area contributed by atoms with Gasteiger partial charge in [-0.1, -0.05) is 40.0 Å². The number of nitrogens with one attached hydrogen (secondary N) is 1. The van der Waals surface area contributed by atoms with Crippen LogP contribution in [0.2, 0.25) is 0 Å². The summed E-state index contributed by atoms with van der Waals surface area (Å²) in [7, 11) is 0. The van der Waals surface area contributed by atoms with E-state index in [1.54, 1.807) is 0 Å². The van der Waals surface area contributed by atoms with Crippen molar-refractivity contribution in [3.8, 4) is 0 Å². The third kappa shape index (κ3) is 5.03. The van der Waals surface area contributed by atoms with Gasteiger partial charge in [0, 0.05) is 17.8 Å². The summed E-state index contributed by atoms with van der Waals surface area (Å²) in [4.78, 5) is 8.91. The smallest absolute Gasteiger partial charge is 0.130 e. The van der Waals surface area contributed by atoms with Crippen LogP contribution in [0.1, 0.15) is 64.4 Å². The summed E-state index contributed by atoms with van der Waals surface area (Å²) < 4.78 is 0. The monoisotopic (exact) mass is 249 g/mol. The zero-order valence-corrected chi connectivity index (χ0v) is 12.3. The minimum atomic E-state index is 0.550. The summed E-state index contributed by atoms with van der Waals surface area (Å²) in [5, 5.41) is 3.58. The molecule has 1 aromatic heterocycles. The van der Waals surface area contributed by atoms with Crippen LogP contribution in [0.4, 0.5) is 5.82 Å². The molecule has 18 heavy (non-hydrogen) atoms. The highest BCUT2D eigenvalue weighted by Crippen LogP contribution is 2.14. The molecule has 0 aliphatic heterocycles. The van der Waals surface area contributed by atoms with Crippen LogP contribution in [0.5, 0.6) is 0 Å². The highest BCUT2D eigenvalue weighted by atomic mass is 15.0. The van der Waals surface area contributed by atoms with Gasteiger partial charge in [0.2, 0.25) is 0 Å². The average molecular weight is 249 g/mol. The van der Waals surface area contributed by atoms with Crippen LogP contribution in [-0.4, -0.2) is 16.0 Å². The van der Waals surface area contributed by atoms with E-state index in [1.165, 1.54) is 32.1 Å². The highest BCUT2D eigenvalue weighted by molar-refractivity contribution is 5.37. The lowest BCUT2D eigenvalue weighted by Gasteiger charge is -2.19. The predicted molar refractivity (Wildman–Crippen MR) is 78.0 cm³/mol. The minimum absolute atomic E-state index is 0.550. The van der Waals surface area contributed by atoms with Gasteiger partial charge in [-0.15, -0.1) is 0 Å². The molecule has 1 rings (SSSR count). The largest absolute Gasteiger partial charge is 0.367 e. The predicted octanol–water partition coefficient (Wildman–Crippen LogP) is 4.12. The minimum Gasteiger partial charge on any atom is -0.367 e. The summed E-state index contributed by atoms with van der Waals surface area (Å²) in [6.45, 7) is 8.58. The van der Waals surface area contributed by atoms with Crippen LogP contribution in [0.15, 0.2) is 6.07 Å². The highest BCUT2D eigenvalue weighted by Gasteiger charge is 2.09. The molecule has 102 valence electrons. The van der Waals surface area contributed by atoms with Crippen LogP contribution < -0.4 is 5.32 Å². The number of rotatable bonds is 8. The second kappa shape index (κ2) is 8.06. The lowest BCUT2D eigenvalue weighted by atomic mass is 10.1. The van der Waals surface area contributed by atoms with E-state index in [0.29, 0.717) is 6.04 Å². The molecular formula is C15H27N3. The average Bonchev–Trinajstić information content (AvgIpc) is 2.35. The fourth-order valence-electron chi connectivity index (χ4n) is 2.18. The Morgan fingerprint density at radius 2 is 1.89 bits per heavy atom. The van der Waals surface area contributed by atoms with E-state index in [2.05, 4.69) is 42.1 Å². The van der Waals surface area contributed by atoms with E-state index in [9.17, 15) is 0 Å². The van der Waals surface area contributed by atoms with E-state index in [1.807, 2.05) is 6.92 Å².